The summed E-state index contributed by atoms with van der Waals surface area (Å²) < 4.78 is 11.9. The number of hydrogen-bond donors (Lipinski definition) is 2. The number of benzene rings is 2. The van der Waals surface area contributed by atoms with Crippen LogP contribution in [0.25, 0.3) is 0 Å². The predicted molar refractivity (Wildman–Crippen MR) is 71.5 cm³/mol. The van der Waals surface area contributed by atoms with Crippen molar-refractivity contribution in [3.63, 3.8) is 0 Å². The van der Waals surface area contributed by atoms with Gasteiger partial charge in [-0.25, -0.2) is 14.0 Å². The van der Waals surface area contributed by atoms with Gasteiger partial charge in [0, 0.05) is 0 Å². The van der Waals surface area contributed by atoms with E-state index in [1.54, 1.807) is 18.2 Å². The summed E-state index contributed by atoms with van der Waals surface area (Å²) in [5.74, 6) is -2.40. The van der Waals surface area contributed by atoms with Crippen molar-refractivity contribution in [3.05, 3.63) is 71.0 Å². The van der Waals surface area contributed by atoms with Crippen molar-refractivity contribution >= 4 is 11.9 Å². The summed E-state index contributed by atoms with van der Waals surface area (Å²) in [4.78, 5) is 21.2. The second-order valence-corrected chi connectivity index (χ2v) is 3.88. The van der Waals surface area contributed by atoms with Crippen LogP contribution in [0.15, 0.2) is 48.5 Å². The molecule has 0 bridgehead atoms. The summed E-state index contributed by atoms with van der Waals surface area (Å²) in [5.41, 5.74) is 0.335. The fourth-order valence-electron chi connectivity index (χ4n) is 1.51. The molecule has 2 N–H and O–H groups in total. The van der Waals surface area contributed by atoms with Crippen molar-refractivity contribution in [1.29, 1.82) is 0 Å². The van der Waals surface area contributed by atoms with Crippen LogP contribution in [-0.4, -0.2) is 22.2 Å². The molecule has 2 aromatic rings. The number of carbonyl (C=O) groups is 2. The maximum absolute atomic E-state index is 11.9. The molecular formula is C15H13FO4. The first kappa shape index (κ1) is 15.4. The first-order chi connectivity index (χ1) is 9.43. The predicted octanol–water partition coefficient (Wildman–Crippen LogP) is 3.22. The van der Waals surface area contributed by atoms with E-state index in [0.29, 0.717) is 0 Å². The minimum atomic E-state index is -1.11. The van der Waals surface area contributed by atoms with Crippen LogP contribution in [0.5, 0.6) is 0 Å². The SMILES string of the molecule is Cc1c(C(=O)O)cccc1C(=O)O.Fc1ccccc1. The first-order valence-electron chi connectivity index (χ1n) is 5.70. The molecule has 0 aliphatic rings. The third-order valence-electron chi connectivity index (χ3n) is 2.53. The van der Waals surface area contributed by atoms with Crippen LogP contribution in [0.3, 0.4) is 0 Å². The van der Waals surface area contributed by atoms with Gasteiger partial charge in [-0.1, -0.05) is 24.3 Å². The standard InChI is InChI=1S/C9H8O4.C6H5F/c1-5-6(8(10)11)3-2-4-7(5)9(12)13;7-6-4-2-1-3-5-6/h2-4H,1H3,(H,10,11)(H,12,13);1-5H. The Labute approximate surface area is 115 Å². The third kappa shape index (κ3) is 4.20. The van der Waals surface area contributed by atoms with Gasteiger partial charge >= 0.3 is 11.9 Å². The van der Waals surface area contributed by atoms with Gasteiger partial charge in [0.05, 0.1) is 11.1 Å². The Bertz CT molecular complexity index is 576. The van der Waals surface area contributed by atoms with Crippen LogP contribution in [0.4, 0.5) is 4.39 Å². The van der Waals surface area contributed by atoms with Crippen LogP contribution in [0.2, 0.25) is 0 Å². The molecule has 0 amide bonds. The van der Waals surface area contributed by atoms with Crippen LogP contribution in [-0.2, 0) is 0 Å². The Balaban J connectivity index is 0.000000240. The summed E-state index contributed by atoms with van der Waals surface area (Å²) in [6.07, 6.45) is 0. The summed E-state index contributed by atoms with van der Waals surface area (Å²) in [5, 5.41) is 17.4. The van der Waals surface area contributed by atoms with E-state index in [0.717, 1.165) is 0 Å². The fourth-order valence-corrected chi connectivity index (χ4v) is 1.51. The molecule has 0 aliphatic heterocycles. The number of hydrogen-bond acceptors (Lipinski definition) is 2. The number of carboxylic acid groups (broad SMARTS) is 2. The van der Waals surface area contributed by atoms with Gasteiger partial charge in [0.1, 0.15) is 5.82 Å². The molecule has 0 atom stereocenters. The van der Waals surface area contributed by atoms with E-state index < -0.39 is 11.9 Å². The largest absolute Gasteiger partial charge is 0.478 e. The minimum Gasteiger partial charge on any atom is -0.478 e. The van der Waals surface area contributed by atoms with Crippen molar-refractivity contribution in [1.82, 2.24) is 0 Å². The van der Waals surface area contributed by atoms with Gasteiger partial charge in [-0.15, -0.1) is 0 Å². The molecule has 0 spiro atoms. The minimum absolute atomic E-state index is 0.0277. The lowest BCUT2D eigenvalue weighted by Crippen LogP contribution is -2.06. The second kappa shape index (κ2) is 7.04. The topological polar surface area (TPSA) is 74.6 Å². The average Bonchev–Trinajstić information content (AvgIpc) is 2.40. The lowest BCUT2D eigenvalue weighted by atomic mass is 10.0. The van der Waals surface area contributed by atoms with Gasteiger partial charge in [0.2, 0.25) is 0 Å². The maximum atomic E-state index is 11.9. The van der Waals surface area contributed by atoms with Crippen LogP contribution >= 0.6 is 0 Å². The van der Waals surface area contributed by atoms with Gasteiger partial charge < -0.3 is 10.2 Å². The zero-order valence-electron chi connectivity index (χ0n) is 10.7. The normalized spacial score (nSPS) is 9.30. The molecular weight excluding hydrogens is 263 g/mol. The highest BCUT2D eigenvalue weighted by molar-refractivity contribution is 5.96. The molecule has 0 fully saturated rings. The highest BCUT2D eigenvalue weighted by Gasteiger charge is 2.13. The van der Waals surface area contributed by atoms with Gasteiger partial charge in [0.15, 0.2) is 0 Å². The van der Waals surface area contributed by atoms with Gasteiger partial charge in [-0.05, 0) is 36.8 Å². The van der Waals surface area contributed by atoms with E-state index >= 15 is 0 Å². The van der Waals surface area contributed by atoms with E-state index in [4.69, 9.17) is 10.2 Å². The Morgan fingerprint density at radius 1 is 0.850 bits per heavy atom. The van der Waals surface area contributed by atoms with Crippen molar-refractivity contribution < 1.29 is 24.2 Å². The zero-order chi connectivity index (χ0) is 15.1. The van der Waals surface area contributed by atoms with Crippen molar-refractivity contribution in [3.8, 4) is 0 Å². The average molecular weight is 276 g/mol. The molecule has 20 heavy (non-hydrogen) atoms. The smallest absolute Gasteiger partial charge is 0.335 e. The molecule has 0 aliphatic carbocycles. The van der Waals surface area contributed by atoms with Crippen LogP contribution < -0.4 is 0 Å². The number of rotatable bonds is 2. The van der Waals surface area contributed by atoms with E-state index in [-0.39, 0.29) is 22.5 Å². The number of halogens is 1. The van der Waals surface area contributed by atoms with E-state index in [9.17, 15) is 14.0 Å². The molecule has 4 nitrogen and oxygen atoms in total. The Kier molecular flexibility index (Phi) is 5.41. The molecule has 2 rings (SSSR count). The molecule has 5 heteroatoms. The monoisotopic (exact) mass is 276 g/mol. The summed E-state index contributed by atoms with van der Waals surface area (Å²) >= 11 is 0. The summed E-state index contributed by atoms with van der Waals surface area (Å²) in [6.45, 7) is 1.48. The number of aromatic carboxylic acids is 2. The third-order valence-corrected chi connectivity index (χ3v) is 2.53. The van der Waals surface area contributed by atoms with E-state index in [2.05, 4.69) is 0 Å². The van der Waals surface area contributed by atoms with Crippen LogP contribution in [0, 0.1) is 12.7 Å². The Morgan fingerprint density at radius 3 is 1.60 bits per heavy atom. The van der Waals surface area contributed by atoms with Crippen LogP contribution in [0.1, 0.15) is 26.3 Å². The zero-order valence-corrected chi connectivity index (χ0v) is 10.7. The summed E-state index contributed by atoms with van der Waals surface area (Å²) in [6, 6.07) is 12.1. The molecule has 0 saturated carbocycles. The Hall–Kier alpha value is -2.69. The molecule has 0 aromatic heterocycles. The second-order valence-electron chi connectivity index (χ2n) is 3.88. The van der Waals surface area contributed by atoms with Crippen molar-refractivity contribution in [2.24, 2.45) is 0 Å². The van der Waals surface area contributed by atoms with E-state index in [1.807, 2.05) is 0 Å². The maximum Gasteiger partial charge on any atom is 0.335 e. The lowest BCUT2D eigenvalue weighted by Gasteiger charge is -2.03. The molecule has 0 unspecified atom stereocenters. The van der Waals surface area contributed by atoms with Gasteiger partial charge in [-0.2, -0.15) is 0 Å². The quantitative estimate of drug-likeness (QED) is 0.883. The van der Waals surface area contributed by atoms with Gasteiger partial charge in [0.25, 0.3) is 0 Å². The highest BCUT2D eigenvalue weighted by atomic mass is 19.1. The summed E-state index contributed by atoms with van der Waals surface area (Å²) in [7, 11) is 0. The van der Waals surface area contributed by atoms with Crippen molar-refractivity contribution in [2.75, 3.05) is 0 Å². The highest BCUT2D eigenvalue weighted by Crippen LogP contribution is 2.13. The number of carboxylic acids is 2. The molecule has 0 heterocycles. The molecule has 104 valence electrons. The molecule has 2 aromatic carbocycles. The fraction of sp³-hybridized carbons (Fsp3) is 0.0667. The molecule has 0 radical (unpaired) electrons. The van der Waals surface area contributed by atoms with Gasteiger partial charge in [-0.3, -0.25) is 0 Å². The molecule has 0 saturated heterocycles. The first-order valence-corrected chi connectivity index (χ1v) is 5.70. The lowest BCUT2D eigenvalue weighted by molar-refractivity contribution is 0.0696. The van der Waals surface area contributed by atoms with Crippen molar-refractivity contribution in [2.45, 2.75) is 6.92 Å². The Morgan fingerprint density at radius 2 is 1.30 bits per heavy atom. The van der Waals surface area contributed by atoms with E-state index in [1.165, 1.54) is 37.3 Å².